The molecule has 1 aromatic rings. The van der Waals surface area contributed by atoms with Gasteiger partial charge in [-0.1, -0.05) is 34.0 Å². The van der Waals surface area contributed by atoms with E-state index in [9.17, 15) is 0 Å². The standard InChI is InChI=1S/C16H21BrClN/c1-19-16(14-9-13(17)4-5-15(14)18)8-12-7-10-2-3-11(12)6-10/h4-5,9-12,16,19H,2-3,6-8H2,1H3. The van der Waals surface area contributed by atoms with Crippen LogP contribution in [0.25, 0.3) is 0 Å². The fraction of sp³-hybridized carbons (Fsp3) is 0.625. The normalized spacial score (nSPS) is 30.8. The van der Waals surface area contributed by atoms with E-state index < -0.39 is 0 Å². The Morgan fingerprint density at radius 1 is 1.37 bits per heavy atom. The lowest BCUT2D eigenvalue weighted by molar-refractivity contribution is 0.284. The van der Waals surface area contributed by atoms with Crippen molar-refractivity contribution in [2.75, 3.05) is 7.05 Å². The van der Waals surface area contributed by atoms with Crippen molar-refractivity contribution in [2.45, 2.75) is 38.1 Å². The number of nitrogens with one attached hydrogen (secondary N) is 1. The van der Waals surface area contributed by atoms with Crippen molar-refractivity contribution in [3.8, 4) is 0 Å². The average molecular weight is 343 g/mol. The predicted molar refractivity (Wildman–Crippen MR) is 84.5 cm³/mol. The molecule has 1 aromatic carbocycles. The van der Waals surface area contributed by atoms with Gasteiger partial charge in [-0.25, -0.2) is 0 Å². The van der Waals surface area contributed by atoms with Gasteiger partial charge in [0.1, 0.15) is 0 Å². The van der Waals surface area contributed by atoms with Gasteiger partial charge in [-0.15, -0.1) is 0 Å². The first-order chi connectivity index (χ1) is 9.17. The van der Waals surface area contributed by atoms with Crippen LogP contribution >= 0.6 is 27.5 Å². The van der Waals surface area contributed by atoms with Crippen LogP contribution in [0.1, 0.15) is 43.7 Å². The third kappa shape index (κ3) is 2.86. The van der Waals surface area contributed by atoms with Gasteiger partial charge in [-0.2, -0.15) is 0 Å². The summed E-state index contributed by atoms with van der Waals surface area (Å²) in [5, 5.41) is 4.35. The summed E-state index contributed by atoms with van der Waals surface area (Å²) in [5.74, 6) is 2.89. The summed E-state index contributed by atoms with van der Waals surface area (Å²) < 4.78 is 1.11. The summed E-state index contributed by atoms with van der Waals surface area (Å²) in [7, 11) is 2.05. The monoisotopic (exact) mass is 341 g/mol. The van der Waals surface area contributed by atoms with E-state index in [1.807, 2.05) is 12.1 Å². The van der Waals surface area contributed by atoms with Crippen LogP contribution in [0.2, 0.25) is 5.02 Å². The molecule has 2 saturated carbocycles. The van der Waals surface area contributed by atoms with E-state index in [0.717, 1.165) is 27.2 Å². The minimum absolute atomic E-state index is 0.384. The van der Waals surface area contributed by atoms with E-state index >= 15 is 0 Å². The first-order valence-electron chi connectivity index (χ1n) is 7.29. The maximum absolute atomic E-state index is 6.37. The van der Waals surface area contributed by atoms with Gasteiger partial charge in [0.2, 0.25) is 0 Å². The van der Waals surface area contributed by atoms with Gasteiger partial charge in [0.05, 0.1) is 0 Å². The van der Waals surface area contributed by atoms with Gasteiger partial charge >= 0.3 is 0 Å². The molecule has 2 bridgehead atoms. The zero-order valence-electron chi connectivity index (χ0n) is 11.3. The van der Waals surface area contributed by atoms with Crippen molar-refractivity contribution in [1.82, 2.24) is 5.32 Å². The Morgan fingerprint density at radius 2 is 2.21 bits per heavy atom. The molecule has 2 fully saturated rings. The van der Waals surface area contributed by atoms with Crippen LogP contribution in [0.15, 0.2) is 22.7 Å². The summed E-state index contributed by atoms with van der Waals surface area (Å²) in [6, 6.07) is 6.55. The molecule has 2 aliphatic rings. The van der Waals surface area contributed by atoms with E-state index in [1.54, 1.807) is 0 Å². The summed E-state index contributed by atoms with van der Waals surface area (Å²) >= 11 is 9.93. The molecule has 1 N–H and O–H groups in total. The van der Waals surface area contributed by atoms with Crippen LogP contribution in [-0.4, -0.2) is 7.05 Å². The Bertz CT molecular complexity index is 462. The first kappa shape index (κ1) is 13.9. The Balaban J connectivity index is 1.75. The maximum atomic E-state index is 6.37. The number of fused-ring (bicyclic) bond motifs is 2. The number of rotatable bonds is 4. The molecule has 4 unspecified atom stereocenters. The van der Waals surface area contributed by atoms with Gasteiger partial charge in [-0.3, -0.25) is 0 Å². The molecule has 4 atom stereocenters. The minimum atomic E-state index is 0.384. The topological polar surface area (TPSA) is 12.0 Å². The molecular weight excluding hydrogens is 322 g/mol. The maximum Gasteiger partial charge on any atom is 0.0454 e. The number of hydrogen-bond acceptors (Lipinski definition) is 1. The molecule has 0 aliphatic heterocycles. The van der Waals surface area contributed by atoms with Crippen LogP contribution in [0.3, 0.4) is 0 Å². The second kappa shape index (κ2) is 5.75. The zero-order valence-corrected chi connectivity index (χ0v) is 13.7. The van der Waals surface area contributed by atoms with Crippen molar-refractivity contribution in [1.29, 1.82) is 0 Å². The van der Waals surface area contributed by atoms with Crippen LogP contribution in [-0.2, 0) is 0 Å². The molecule has 0 amide bonds. The molecule has 104 valence electrons. The number of hydrogen-bond donors (Lipinski definition) is 1. The first-order valence-corrected chi connectivity index (χ1v) is 8.46. The van der Waals surface area contributed by atoms with E-state index in [4.69, 9.17) is 11.6 Å². The molecule has 0 radical (unpaired) electrons. The summed E-state index contributed by atoms with van der Waals surface area (Å²) in [5.41, 5.74) is 1.24. The fourth-order valence-electron chi connectivity index (χ4n) is 4.15. The highest BCUT2D eigenvalue weighted by Crippen LogP contribution is 2.51. The van der Waals surface area contributed by atoms with Gasteiger partial charge in [0.25, 0.3) is 0 Å². The highest BCUT2D eigenvalue weighted by atomic mass is 79.9. The average Bonchev–Trinajstić information content (AvgIpc) is 3.01. The second-order valence-corrected chi connectivity index (χ2v) is 7.50. The molecular formula is C16H21BrClN. The Labute approximate surface area is 129 Å². The molecule has 0 spiro atoms. The summed E-state index contributed by atoms with van der Waals surface area (Å²) in [6.45, 7) is 0. The highest BCUT2D eigenvalue weighted by Gasteiger charge is 2.40. The zero-order chi connectivity index (χ0) is 13.4. The molecule has 19 heavy (non-hydrogen) atoms. The van der Waals surface area contributed by atoms with Crippen LogP contribution in [0, 0.1) is 17.8 Å². The fourth-order valence-corrected chi connectivity index (χ4v) is 4.78. The van der Waals surface area contributed by atoms with Gasteiger partial charge in [0.15, 0.2) is 0 Å². The summed E-state index contributed by atoms with van der Waals surface area (Å²) in [4.78, 5) is 0. The van der Waals surface area contributed by atoms with Crippen LogP contribution in [0.4, 0.5) is 0 Å². The molecule has 3 rings (SSSR count). The summed E-state index contributed by atoms with van der Waals surface area (Å²) in [6.07, 6.45) is 7.08. The Kier molecular flexibility index (Phi) is 4.21. The molecule has 0 aromatic heterocycles. The lowest BCUT2D eigenvalue weighted by Crippen LogP contribution is -2.23. The highest BCUT2D eigenvalue weighted by molar-refractivity contribution is 9.10. The van der Waals surface area contributed by atoms with Gasteiger partial charge in [-0.05, 0) is 74.2 Å². The molecule has 2 aliphatic carbocycles. The number of halogens is 2. The minimum Gasteiger partial charge on any atom is -0.313 e. The van der Waals surface area contributed by atoms with E-state index in [2.05, 4.69) is 34.4 Å². The Hall–Kier alpha value is -0.0500. The predicted octanol–water partition coefficient (Wildman–Crippen LogP) is 5.19. The van der Waals surface area contributed by atoms with Crippen molar-refractivity contribution in [2.24, 2.45) is 17.8 Å². The second-order valence-electron chi connectivity index (χ2n) is 6.18. The van der Waals surface area contributed by atoms with Crippen molar-refractivity contribution >= 4 is 27.5 Å². The Morgan fingerprint density at radius 3 is 2.84 bits per heavy atom. The van der Waals surface area contributed by atoms with Gasteiger partial charge < -0.3 is 5.32 Å². The third-order valence-electron chi connectivity index (χ3n) is 5.10. The molecule has 1 nitrogen and oxygen atoms in total. The van der Waals surface area contributed by atoms with Crippen molar-refractivity contribution < 1.29 is 0 Å². The lowest BCUT2D eigenvalue weighted by atomic mass is 9.83. The van der Waals surface area contributed by atoms with Crippen molar-refractivity contribution in [3.05, 3.63) is 33.3 Å². The lowest BCUT2D eigenvalue weighted by Gasteiger charge is -2.27. The van der Waals surface area contributed by atoms with Gasteiger partial charge in [0, 0.05) is 15.5 Å². The van der Waals surface area contributed by atoms with E-state index in [-0.39, 0.29) is 0 Å². The number of benzene rings is 1. The molecule has 3 heteroatoms. The smallest absolute Gasteiger partial charge is 0.0454 e. The van der Waals surface area contributed by atoms with Crippen molar-refractivity contribution in [3.63, 3.8) is 0 Å². The van der Waals surface area contributed by atoms with E-state index in [1.165, 1.54) is 37.7 Å². The van der Waals surface area contributed by atoms with Crippen LogP contribution in [0.5, 0.6) is 0 Å². The third-order valence-corrected chi connectivity index (χ3v) is 5.94. The molecule has 0 saturated heterocycles. The SMILES string of the molecule is CNC(CC1CC2CCC1C2)c1cc(Br)ccc1Cl. The van der Waals surface area contributed by atoms with E-state index in [0.29, 0.717) is 6.04 Å². The van der Waals surface area contributed by atoms with Crippen LogP contribution < -0.4 is 5.32 Å². The quantitative estimate of drug-likeness (QED) is 0.794. The largest absolute Gasteiger partial charge is 0.313 e. The molecule has 0 heterocycles.